The molecule has 0 amide bonds. The van der Waals surface area contributed by atoms with Crippen LogP contribution in [0.2, 0.25) is 0 Å². The van der Waals surface area contributed by atoms with Gasteiger partial charge in [-0.3, -0.25) is 0 Å². The molecule has 0 aromatic carbocycles. The molecule has 0 fully saturated rings. The zero-order valence-corrected chi connectivity index (χ0v) is 8.37. The van der Waals surface area contributed by atoms with Crippen molar-refractivity contribution in [3.63, 3.8) is 0 Å². The molecule has 3 heteroatoms. The maximum atomic E-state index is 8.02. The Morgan fingerprint density at radius 2 is 1.69 bits per heavy atom. The first-order valence-corrected chi connectivity index (χ1v) is 4.39. The average molecular weight is 188 g/mol. The number of rotatable bonds is 7. The topological polar surface area (TPSA) is 38.7 Å². The third kappa shape index (κ3) is 24.7. The van der Waals surface area contributed by atoms with Crippen LogP contribution in [0.15, 0.2) is 25.7 Å². The van der Waals surface area contributed by atoms with E-state index >= 15 is 0 Å². The van der Waals surface area contributed by atoms with Crippen molar-refractivity contribution in [2.75, 3.05) is 19.8 Å². The van der Waals surface area contributed by atoms with Crippen molar-refractivity contribution >= 4 is 0 Å². The monoisotopic (exact) mass is 188 g/mol. The molecule has 78 valence electrons. The molecule has 0 aliphatic rings. The molecular formula is C10H20O3. The van der Waals surface area contributed by atoms with Crippen LogP contribution in [0.4, 0.5) is 0 Å². The summed E-state index contributed by atoms with van der Waals surface area (Å²) in [7, 11) is 0. The molecule has 0 aromatic rings. The lowest BCUT2D eigenvalue weighted by molar-refractivity contribution is 0.166. The quantitative estimate of drug-likeness (QED) is 0.491. The van der Waals surface area contributed by atoms with Gasteiger partial charge in [-0.2, -0.15) is 0 Å². The van der Waals surface area contributed by atoms with Crippen LogP contribution in [-0.4, -0.2) is 24.9 Å². The summed E-state index contributed by atoms with van der Waals surface area (Å²) in [5.41, 5.74) is 0. The van der Waals surface area contributed by atoms with Crippen LogP contribution in [0.3, 0.4) is 0 Å². The number of ether oxygens (including phenoxy) is 2. The minimum absolute atomic E-state index is 0.0615. The first-order chi connectivity index (χ1) is 6.33. The SMILES string of the molecule is C=COCCCC.C=COCCO. The predicted octanol–water partition coefficient (Wildman–Crippen LogP) is 2.09. The van der Waals surface area contributed by atoms with Crippen LogP contribution in [0.1, 0.15) is 19.8 Å². The zero-order chi connectivity index (χ0) is 10.4. The lowest BCUT2D eigenvalue weighted by atomic mass is 10.4. The normalized spacial score (nSPS) is 7.85. The van der Waals surface area contributed by atoms with E-state index in [1.807, 2.05) is 0 Å². The number of aliphatic hydroxyl groups is 1. The van der Waals surface area contributed by atoms with E-state index in [4.69, 9.17) is 9.84 Å². The predicted molar refractivity (Wildman–Crippen MR) is 54.3 cm³/mol. The molecule has 0 unspecified atom stereocenters. The lowest BCUT2D eigenvalue weighted by Gasteiger charge is -1.93. The second-order valence-corrected chi connectivity index (χ2v) is 2.15. The van der Waals surface area contributed by atoms with Crippen molar-refractivity contribution < 1.29 is 14.6 Å². The Balaban J connectivity index is 0. The van der Waals surface area contributed by atoms with E-state index < -0.39 is 0 Å². The van der Waals surface area contributed by atoms with Gasteiger partial charge < -0.3 is 14.6 Å². The molecule has 0 saturated heterocycles. The highest BCUT2D eigenvalue weighted by Crippen LogP contribution is 1.85. The van der Waals surface area contributed by atoms with Crippen molar-refractivity contribution in [1.29, 1.82) is 0 Å². The maximum Gasteiger partial charge on any atom is 0.110 e. The molecule has 0 bridgehead atoms. The van der Waals surface area contributed by atoms with Crippen LogP contribution in [-0.2, 0) is 9.47 Å². The van der Waals surface area contributed by atoms with Crippen molar-refractivity contribution in [2.45, 2.75) is 19.8 Å². The summed E-state index contributed by atoms with van der Waals surface area (Å²) in [5, 5.41) is 8.02. The molecule has 3 nitrogen and oxygen atoms in total. The summed E-state index contributed by atoms with van der Waals surface area (Å²) in [6.45, 7) is 10.0. The van der Waals surface area contributed by atoms with E-state index in [1.54, 1.807) is 0 Å². The van der Waals surface area contributed by atoms with E-state index in [2.05, 4.69) is 24.8 Å². The van der Waals surface area contributed by atoms with Gasteiger partial charge in [-0.05, 0) is 6.42 Å². The molecule has 0 atom stereocenters. The van der Waals surface area contributed by atoms with E-state index in [0.29, 0.717) is 6.61 Å². The molecule has 0 aromatic heterocycles. The van der Waals surface area contributed by atoms with E-state index in [-0.39, 0.29) is 6.61 Å². The maximum absolute atomic E-state index is 8.02. The molecule has 0 saturated carbocycles. The molecule has 0 aliphatic heterocycles. The Morgan fingerprint density at radius 1 is 1.15 bits per heavy atom. The first kappa shape index (κ1) is 14.6. The Hall–Kier alpha value is -0.960. The Labute approximate surface area is 80.7 Å². The van der Waals surface area contributed by atoms with Crippen molar-refractivity contribution in [2.24, 2.45) is 0 Å². The van der Waals surface area contributed by atoms with Crippen LogP contribution in [0, 0.1) is 0 Å². The van der Waals surface area contributed by atoms with Crippen molar-refractivity contribution in [3.05, 3.63) is 25.7 Å². The van der Waals surface area contributed by atoms with Gasteiger partial charge in [-0.25, -0.2) is 0 Å². The highest BCUT2D eigenvalue weighted by Gasteiger charge is 1.76. The van der Waals surface area contributed by atoms with Gasteiger partial charge in [-0.1, -0.05) is 26.5 Å². The number of aliphatic hydroxyl groups excluding tert-OH is 1. The van der Waals surface area contributed by atoms with Gasteiger partial charge in [0, 0.05) is 0 Å². The van der Waals surface area contributed by atoms with Gasteiger partial charge in [-0.15, -0.1) is 0 Å². The number of hydrogen-bond donors (Lipinski definition) is 1. The van der Waals surface area contributed by atoms with Gasteiger partial charge in [0.1, 0.15) is 6.61 Å². The van der Waals surface area contributed by atoms with Crippen molar-refractivity contribution in [3.8, 4) is 0 Å². The third-order valence-electron chi connectivity index (χ3n) is 1.06. The van der Waals surface area contributed by atoms with E-state index in [0.717, 1.165) is 13.0 Å². The standard InChI is InChI=1S/C6H12O.C4H8O2/c1-3-5-6-7-4-2;1-2-6-4-3-5/h4H,2-3,5-6H2,1H3;2,5H,1,3-4H2. The van der Waals surface area contributed by atoms with Gasteiger partial charge in [0.15, 0.2) is 0 Å². The largest absolute Gasteiger partial charge is 0.502 e. The van der Waals surface area contributed by atoms with Crippen LogP contribution < -0.4 is 0 Å². The third-order valence-corrected chi connectivity index (χ3v) is 1.06. The van der Waals surface area contributed by atoms with Gasteiger partial charge in [0.25, 0.3) is 0 Å². The van der Waals surface area contributed by atoms with Crippen LogP contribution in [0.25, 0.3) is 0 Å². The molecule has 0 radical (unpaired) electrons. The Morgan fingerprint density at radius 3 is 2.00 bits per heavy atom. The van der Waals surface area contributed by atoms with E-state index in [9.17, 15) is 0 Å². The van der Waals surface area contributed by atoms with E-state index in [1.165, 1.54) is 18.9 Å². The lowest BCUT2D eigenvalue weighted by Crippen LogP contribution is -1.90. The molecule has 0 spiro atoms. The molecule has 1 N–H and O–H groups in total. The number of hydrogen-bond acceptors (Lipinski definition) is 3. The second kappa shape index (κ2) is 17.2. The fourth-order valence-electron chi connectivity index (χ4n) is 0.447. The second-order valence-electron chi connectivity index (χ2n) is 2.15. The smallest absolute Gasteiger partial charge is 0.110 e. The van der Waals surface area contributed by atoms with Gasteiger partial charge in [0.2, 0.25) is 0 Å². The minimum atomic E-state index is 0.0615. The zero-order valence-electron chi connectivity index (χ0n) is 8.37. The summed E-state index contributed by atoms with van der Waals surface area (Å²) >= 11 is 0. The molecule has 13 heavy (non-hydrogen) atoms. The Bertz CT molecular complexity index is 102. The summed E-state index contributed by atoms with van der Waals surface area (Å²) < 4.78 is 9.33. The summed E-state index contributed by atoms with van der Waals surface area (Å²) in [6, 6.07) is 0. The summed E-state index contributed by atoms with van der Waals surface area (Å²) in [4.78, 5) is 0. The fraction of sp³-hybridized carbons (Fsp3) is 0.600. The molecular weight excluding hydrogens is 168 g/mol. The minimum Gasteiger partial charge on any atom is -0.502 e. The average Bonchev–Trinajstić information content (AvgIpc) is 2.17. The molecule has 0 heterocycles. The van der Waals surface area contributed by atoms with Crippen LogP contribution >= 0.6 is 0 Å². The summed E-state index contributed by atoms with van der Waals surface area (Å²) in [6.07, 6.45) is 5.10. The molecule has 0 rings (SSSR count). The fourth-order valence-corrected chi connectivity index (χ4v) is 0.447. The summed E-state index contributed by atoms with van der Waals surface area (Å²) in [5.74, 6) is 0. The molecule has 0 aliphatic carbocycles. The Kier molecular flexibility index (Phi) is 19.3. The highest BCUT2D eigenvalue weighted by molar-refractivity contribution is 4.47. The van der Waals surface area contributed by atoms with Crippen LogP contribution in [0.5, 0.6) is 0 Å². The van der Waals surface area contributed by atoms with Crippen molar-refractivity contribution in [1.82, 2.24) is 0 Å². The first-order valence-electron chi connectivity index (χ1n) is 4.39. The van der Waals surface area contributed by atoms with Gasteiger partial charge >= 0.3 is 0 Å². The number of unbranched alkanes of at least 4 members (excludes halogenated alkanes) is 1. The van der Waals surface area contributed by atoms with Gasteiger partial charge in [0.05, 0.1) is 25.7 Å². The highest BCUT2D eigenvalue weighted by atomic mass is 16.5.